The number of carbonyl (C=O) groups is 1. The monoisotopic (exact) mass is 449 g/mol. The Balaban J connectivity index is 2.13. The summed E-state index contributed by atoms with van der Waals surface area (Å²) >= 11 is 0. The lowest BCUT2D eigenvalue weighted by Gasteiger charge is -2.21. The maximum absolute atomic E-state index is 13.1. The number of pyridine rings is 2. The summed E-state index contributed by atoms with van der Waals surface area (Å²) in [4.78, 5) is 28.1. The maximum Gasteiger partial charge on any atom is 0.404 e. The molecule has 32 heavy (non-hydrogen) atoms. The Morgan fingerprint density at radius 1 is 1.25 bits per heavy atom. The van der Waals surface area contributed by atoms with Gasteiger partial charge in [0.15, 0.2) is 11.5 Å². The van der Waals surface area contributed by atoms with Crippen LogP contribution in [0.25, 0.3) is 21.7 Å². The van der Waals surface area contributed by atoms with Crippen molar-refractivity contribution in [1.29, 1.82) is 0 Å². The third kappa shape index (κ3) is 4.90. The number of rotatable bonds is 8. The van der Waals surface area contributed by atoms with Crippen LogP contribution in [0.3, 0.4) is 0 Å². The van der Waals surface area contributed by atoms with E-state index in [0.717, 1.165) is 0 Å². The number of aromatic nitrogens is 2. The molecule has 2 heterocycles. The Labute approximate surface area is 182 Å². The van der Waals surface area contributed by atoms with E-state index in [2.05, 4.69) is 10.3 Å². The highest BCUT2D eigenvalue weighted by molar-refractivity contribution is 6.07. The van der Waals surface area contributed by atoms with E-state index in [-0.39, 0.29) is 29.6 Å². The van der Waals surface area contributed by atoms with E-state index in [1.807, 2.05) is 13.8 Å². The molecule has 3 aromatic rings. The Kier molecular flexibility index (Phi) is 6.81. The first kappa shape index (κ1) is 23.2. The van der Waals surface area contributed by atoms with Crippen LogP contribution >= 0.6 is 0 Å². The molecule has 0 saturated heterocycles. The summed E-state index contributed by atoms with van der Waals surface area (Å²) in [6, 6.07) is 3.95. The first-order valence-electron chi connectivity index (χ1n) is 10.1. The zero-order valence-electron chi connectivity index (χ0n) is 18.2. The number of benzene rings is 1. The average molecular weight is 449 g/mol. The van der Waals surface area contributed by atoms with Crippen molar-refractivity contribution >= 4 is 27.8 Å². The summed E-state index contributed by atoms with van der Waals surface area (Å²) in [6.07, 6.45) is 0.822. The second-order valence-electron chi connectivity index (χ2n) is 7.96. The molecule has 0 radical (unpaired) electrons. The standard InChI is InChI=1S/C22H25F2N3O5/c1-11(2)7-13(26-22(29)30)10-31-17-9-16-15(8-18(17)32-21(23)24)14-5-6-25-12(3)19(14)20(28)27(16)4/h5-6,8-9,11,13,21,26H,7,10H2,1-4H3,(H,29,30). The van der Waals surface area contributed by atoms with Gasteiger partial charge in [-0.2, -0.15) is 8.78 Å². The average Bonchev–Trinajstić information content (AvgIpc) is 2.69. The molecule has 1 aromatic carbocycles. The van der Waals surface area contributed by atoms with Gasteiger partial charge < -0.3 is 24.5 Å². The molecular weight excluding hydrogens is 424 g/mol. The molecule has 8 nitrogen and oxygen atoms in total. The van der Waals surface area contributed by atoms with Crippen molar-refractivity contribution in [2.75, 3.05) is 6.61 Å². The van der Waals surface area contributed by atoms with Crippen molar-refractivity contribution in [3.8, 4) is 11.5 Å². The Hall–Kier alpha value is -3.43. The highest BCUT2D eigenvalue weighted by Gasteiger charge is 2.20. The van der Waals surface area contributed by atoms with Crippen LogP contribution in [0.4, 0.5) is 13.6 Å². The first-order chi connectivity index (χ1) is 15.1. The number of amides is 1. The topological polar surface area (TPSA) is 103 Å². The third-order valence-corrected chi connectivity index (χ3v) is 5.11. The molecule has 0 saturated carbocycles. The van der Waals surface area contributed by atoms with Crippen molar-refractivity contribution < 1.29 is 28.2 Å². The third-order valence-electron chi connectivity index (χ3n) is 5.11. The van der Waals surface area contributed by atoms with Gasteiger partial charge in [0.2, 0.25) is 0 Å². The number of nitrogens with zero attached hydrogens (tertiary/aromatic N) is 2. The van der Waals surface area contributed by atoms with Crippen molar-refractivity contribution in [3.63, 3.8) is 0 Å². The molecule has 0 aliphatic carbocycles. The number of alkyl halides is 2. The zero-order valence-corrected chi connectivity index (χ0v) is 18.2. The highest BCUT2D eigenvalue weighted by Crippen LogP contribution is 2.36. The van der Waals surface area contributed by atoms with Gasteiger partial charge in [-0.25, -0.2) is 4.79 Å². The lowest BCUT2D eigenvalue weighted by atomic mass is 10.0. The Bertz CT molecular complexity index is 1210. The summed E-state index contributed by atoms with van der Waals surface area (Å²) in [5, 5.41) is 12.9. The van der Waals surface area contributed by atoms with Gasteiger partial charge in [-0.05, 0) is 31.4 Å². The van der Waals surface area contributed by atoms with E-state index in [1.54, 1.807) is 26.2 Å². The molecule has 1 amide bonds. The molecule has 1 unspecified atom stereocenters. The summed E-state index contributed by atoms with van der Waals surface area (Å²) < 4.78 is 38.1. The minimum atomic E-state index is -3.10. The van der Waals surface area contributed by atoms with Crippen LogP contribution in [0.15, 0.2) is 29.2 Å². The van der Waals surface area contributed by atoms with Crippen LogP contribution in [-0.4, -0.2) is 40.0 Å². The molecule has 0 bridgehead atoms. The number of carboxylic acid groups (broad SMARTS) is 1. The van der Waals surface area contributed by atoms with Crippen molar-refractivity contribution in [2.45, 2.75) is 39.8 Å². The second kappa shape index (κ2) is 9.37. The van der Waals surface area contributed by atoms with Gasteiger partial charge >= 0.3 is 12.7 Å². The Morgan fingerprint density at radius 2 is 1.97 bits per heavy atom. The molecule has 0 aliphatic rings. The van der Waals surface area contributed by atoms with Crippen LogP contribution in [0, 0.1) is 12.8 Å². The van der Waals surface area contributed by atoms with Gasteiger partial charge in [-0.15, -0.1) is 0 Å². The van der Waals surface area contributed by atoms with Crippen LogP contribution < -0.4 is 20.3 Å². The van der Waals surface area contributed by atoms with E-state index in [4.69, 9.17) is 14.6 Å². The maximum atomic E-state index is 13.1. The number of aryl methyl sites for hydroxylation is 2. The summed E-state index contributed by atoms with van der Waals surface area (Å²) in [6.45, 7) is 2.36. The number of hydrogen-bond donors (Lipinski definition) is 2. The van der Waals surface area contributed by atoms with Crippen molar-refractivity contribution in [2.24, 2.45) is 13.0 Å². The molecule has 10 heteroatoms. The van der Waals surface area contributed by atoms with Crippen LogP contribution in [0.5, 0.6) is 11.5 Å². The number of halogens is 2. The highest BCUT2D eigenvalue weighted by atomic mass is 19.3. The van der Waals surface area contributed by atoms with Crippen molar-refractivity contribution in [3.05, 3.63) is 40.4 Å². The van der Waals surface area contributed by atoms with E-state index < -0.39 is 18.7 Å². The van der Waals surface area contributed by atoms with E-state index in [0.29, 0.717) is 33.8 Å². The van der Waals surface area contributed by atoms with E-state index in [1.165, 1.54) is 16.7 Å². The molecule has 0 aliphatic heterocycles. The SMILES string of the molecule is Cc1nccc2c1c(=O)n(C)c1cc(OCC(CC(C)C)NC(=O)O)c(OC(F)F)cc21. The van der Waals surface area contributed by atoms with E-state index >= 15 is 0 Å². The fourth-order valence-corrected chi connectivity index (χ4v) is 3.78. The zero-order chi connectivity index (χ0) is 23.6. The number of nitrogens with one attached hydrogen (secondary N) is 1. The molecule has 1 atom stereocenters. The fraction of sp³-hybridized carbons (Fsp3) is 0.409. The predicted octanol–water partition coefficient (Wildman–Crippen LogP) is 4.06. The molecule has 2 aromatic heterocycles. The first-order valence-corrected chi connectivity index (χ1v) is 10.1. The fourth-order valence-electron chi connectivity index (χ4n) is 3.78. The van der Waals surface area contributed by atoms with Crippen LogP contribution in [0.2, 0.25) is 0 Å². The van der Waals surface area contributed by atoms with E-state index in [9.17, 15) is 18.4 Å². The molecular formula is C22H25F2N3O5. The minimum absolute atomic E-state index is 0.0149. The number of fused-ring (bicyclic) bond motifs is 3. The Morgan fingerprint density at radius 3 is 2.59 bits per heavy atom. The van der Waals surface area contributed by atoms with Gasteiger partial charge in [0.1, 0.15) is 6.61 Å². The molecule has 0 spiro atoms. The van der Waals surface area contributed by atoms with Gasteiger partial charge in [0, 0.05) is 30.1 Å². The molecule has 172 valence electrons. The number of ether oxygens (including phenoxy) is 2. The lowest BCUT2D eigenvalue weighted by molar-refractivity contribution is -0.0514. The quantitative estimate of drug-likeness (QED) is 0.503. The minimum Gasteiger partial charge on any atom is -0.487 e. The van der Waals surface area contributed by atoms with Gasteiger partial charge in [0.25, 0.3) is 5.56 Å². The van der Waals surface area contributed by atoms with Crippen molar-refractivity contribution in [1.82, 2.24) is 14.9 Å². The summed E-state index contributed by atoms with van der Waals surface area (Å²) in [5.74, 6) is -0.0488. The molecule has 2 N–H and O–H groups in total. The van der Waals surface area contributed by atoms with Crippen LogP contribution in [-0.2, 0) is 7.05 Å². The predicted molar refractivity (Wildman–Crippen MR) is 116 cm³/mol. The largest absolute Gasteiger partial charge is 0.487 e. The lowest BCUT2D eigenvalue weighted by Crippen LogP contribution is -2.39. The van der Waals surface area contributed by atoms with Gasteiger partial charge in [0.05, 0.1) is 22.6 Å². The number of hydrogen-bond acceptors (Lipinski definition) is 5. The van der Waals surface area contributed by atoms with Crippen LogP contribution in [0.1, 0.15) is 26.0 Å². The molecule has 0 fully saturated rings. The van der Waals surface area contributed by atoms with Gasteiger partial charge in [-0.1, -0.05) is 13.8 Å². The van der Waals surface area contributed by atoms with Gasteiger partial charge in [-0.3, -0.25) is 9.78 Å². The smallest absolute Gasteiger partial charge is 0.404 e. The summed E-state index contributed by atoms with van der Waals surface area (Å²) in [7, 11) is 1.57. The summed E-state index contributed by atoms with van der Waals surface area (Å²) in [5.41, 5.74) is 0.700. The second-order valence-corrected chi connectivity index (χ2v) is 7.96. The normalized spacial score (nSPS) is 12.5. The molecule has 3 rings (SSSR count).